The van der Waals surface area contributed by atoms with Crippen molar-refractivity contribution in [2.24, 2.45) is 0 Å². The number of benzene rings is 1. The van der Waals surface area contributed by atoms with Crippen molar-refractivity contribution in [1.29, 1.82) is 0 Å². The quantitative estimate of drug-likeness (QED) is 0.893. The summed E-state index contributed by atoms with van der Waals surface area (Å²) in [4.78, 5) is 10.9. The minimum atomic E-state index is -4.16. The van der Waals surface area contributed by atoms with E-state index in [1.54, 1.807) is 24.3 Å². The number of hydrogen-bond acceptors (Lipinski definition) is 4. The molecule has 1 heterocycles. The van der Waals surface area contributed by atoms with Gasteiger partial charge >= 0.3 is 16.4 Å². The molecule has 98 valence electrons. The third-order valence-electron chi connectivity index (χ3n) is 2.56. The predicted octanol–water partition coefficient (Wildman–Crippen LogP) is 1.51. The maximum absolute atomic E-state index is 11.4. The normalized spacial score (nSPS) is 22.1. The number of nitrogens with zero attached hydrogens (tertiary/aromatic N) is 1. The molecular weight excluding hydrogens is 282 g/mol. The molecule has 18 heavy (non-hydrogen) atoms. The molecule has 1 aromatic rings. The van der Waals surface area contributed by atoms with E-state index in [1.807, 2.05) is 0 Å². The van der Waals surface area contributed by atoms with Gasteiger partial charge in [0.05, 0.1) is 12.6 Å². The maximum atomic E-state index is 11.4. The molecule has 2 rings (SSSR count). The summed E-state index contributed by atoms with van der Waals surface area (Å²) in [5.74, 6) is 0. The van der Waals surface area contributed by atoms with Crippen LogP contribution in [-0.2, 0) is 20.9 Å². The minimum Gasteiger partial charge on any atom is -0.464 e. The number of halogens is 1. The average molecular weight is 292 g/mol. The summed E-state index contributed by atoms with van der Waals surface area (Å²) in [6.07, 6.45) is -1.28. The molecule has 1 aliphatic heterocycles. The fourth-order valence-corrected chi connectivity index (χ4v) is 3.02. The van der Waals surface area contributed by atoms with Crippen LogP contribution in [0.4, 0.5) is 4.79 Å². The molecule has 0 aliphatic carbocycles. The Bertz CT molecular complexity index is 556. The smallest absolute Gasteiger partial charge is 0.423 e. The van der Waals surface area contributed by atoms with Gasteiger partial charge in [-0.2, -0.15) is 12.7 Å². The Hall–Kier alpha value is -1.31. The second-order valence-electron chi connectivity index (χ2n) is 3.81. The molecule has 1 saturated heterocycles. The average Bonchev–Trinajstić information content (AvgIpc) is 2.57. The van der Waals surface area contributed by atoms with Gasteiger partial charge in [-0.3, -0.25) is 4.18 Å². The zero-order valence-electron chi connectivity index (χ0n) is 9.11. The van der Waals surface area contributed by atoms with Crippen molar-refractivity contribution in [1.82, 2.24) is 4.31 Å². The van der Waals surface area contributed by atoms with E-state index in [-0.39, 0.29) is 13.0 Å². The molecule has 1 aromatic carbocycles. The number of carboxylic acid groups (broad SMARTS) is 1. The van der Waals surface area contributed by atoms with Crippen molar-refractivity contribution in [3.05, 3.63) is 34.9 Å². The highest BCUT2D eigenvalue weighted by Gasteiger charge is 2.42. The molecule has 1 fully saturated rings. The molecule has 0 saturated carbocycles. The molecule has 1 amide bonds. The van der Waals surface area contributed by atoms with E-state index in [0.29, 0.717) is 9.33 Å². The van der Waals surface area contributed by atoms with E-state index in [2.05, 4.69) is 4.18 Å². The Kier molecular flexibility index (Phi) is 3.47. The second kappa shape index (κ2) is 4.75. The monoisotopic (exact) mass is 291 g/mol. The summed E-state index contributed by atoms with van der Waals surface area (Å²) >= 11 is 5.73. The SMILES string of the molecule is O=C(O)N1C(Cc2ccc(Cl)cc2)COS1(=O)=O. The van der Waals surface area contributed by atoms with Gasteiger partial charge in [0.2, 0.25) is 0 Å². The number of amides is 1. The third kappa shape index (κ3) is 2.58. The van der Waals surface area contributed by atoms with Gasteiger partial charge in [-0.1, -0.05) is 23.7 Å². The zero-order valence-corrected chi connectivity index (χ0v) is 10.7. The van der Waals surface area contributed by atoms with Crippen LogP contribution in [0.1, 0.15) is 5.56 Å². The van der Waals surface area contributed by atoms with Gasteiger partial charge in [-0.15, -0.1) is 0 Å². The molecule has 8 heteroatoms. The first-order valence-corrected chi connectivity index (χ1v) is 6.80. The molecule has 0 radical (unpaired) electrons. The summed E-state index contributed by atoms with van der Waals surface area (Å²) in [6, 6.07) is 6.01. The van der Waals surface area contributed by atoms with Crippen molar-refractivity contribution in [2.45, 2.75) is 12.5 Å². The Morgan fingerprint density at radius 1 is 1.44 bits per heavy atom. The molecule has 1 N–H and O–H groups in total. The molecule has 1 aliphatic rings. The Labute approximate surface area is 109 Å². The van der Waals surface area contributed by atoms with Crippen LogP contribution in [0.2, 0.25) is 5.02 Å². The van der Waals surface area contributed by atoms with Crippen molar-refractivity contribution in [3.63, 3.8) is 0 Å². The first kappa shape index (κ1) is 13.1. The summed E-state index contributed by atoms with van der Waals surface area (Å²) in [7, 11) is -4.16. The van der Waals surface area contributed by atoms with Gasteiger partial charge in [0.25, 0.3) is 0 Å². The van der Waals surface area contributed by atoms with Crippen molar-refractivity contribution in [3.8, 4) is 0 Å². The standard InChI is InChI=1S/C10H10ClNO5S/c11-8-3-1-7(2-4-8)5-9-6-17-18(15,16)12(9)10(13)14/h1-4,9H,5-6H2,(H,13,14). The van der Waals surface area contributed by atoms with Crippen molar-refractivity contribution < 1.29 is 22.5 Å². The zero-order chi connectivity index (χ0) is 13.3. The van der Waals surface area contributed by atoms with E-state index in [1.165, 1.54) is 0 Å². The lowest BCUT2D eigenvalue weighted by molar-refractivity contribution is 0.164. The van der Waals surface area contributed by atoms with E-state index < -0.39 is 22.4 Å². The van der Waals surface area contributed by atoms with Gasteiger partial charge < -0.3 is 5.11 Å². The predicted molar refractivity (Wildman–Crippen MR) is 63.7 cm³/mol. The third-order valence-corrected chi connectivity index (χ3v) is 4.18. The van der Waals surface area contributed by atoms with Crippen LogP contribution >= 0.6 is 11.6 Å². The van der Waals surface area contributed by atoms with Gasteiger partial charge in [-0.25, -0.2) is 4.79 Å². The summed E-state index contributed by atoms with van der Waals surface area (Å²) in [5.41, 5.74) is 0.788. The minimum absolute atomic E-state index is 0.169. The summed E-state index contributed by atoms with van der Waals surface area (Å²) < 4.78 is 27.6. The topological polar surface area (TPSA) is 83.9 Å². The Morgan fingerprint density at radius 2 is 2.06 bits per heavy atom. The lowest BCUT2D eigenvalue weighted by Gasteiger charge is -2.17. The Morgan fingerprint density at radius 3 is 2.61 bits per heavy atom. The highest BCUT2D eigenvalue weighted by molar-refractivity contribution is 7.85. The molecule has 1 unspecified atom stereocenters. The van der Waals surface area contributed by atoms with Gasteiger partial charge in [0.1, 0.15) is 0 Å². The number of rotatable bonds is 2. The molecule has 0 spiro atoms. The maximum Gasteiger partial charge on any atom is 0.423 e. The highest BCUT2D eigenvalue weighted by Crippen LogP contribution is 2.22. The largest absolute Gasteiger partial charge is 0.464 e. The number of carbonyl (C=O) groups is 1. The van der Waals surface area contributed by atoms with Gasteiger partial charge in [-0.05, 0) is 24.1 Å². The molecule has 0 aromatic heterocycles. The van der Waals surface area contributed by atoms with E-state index in [4.69, 9.17) is 16.7 Å². The first-order valence-electron chi connectivity index (χ1n) is 5.06. The van der Waals surface area contributed by atoms with Crippen LogP contribution in [0, 0.1) is 0 Å². The van der Waals surface area contributed by atoms with Crippen LogP contribution in [0.3, 0.4) is 0 Å². The molecule has 1 atom stereocenters. The molecular formula is C10H10ClNO5S. The van der Waals surface area contributed by atoms with Gasteiger partial charge in [0, 0.05) is 5.02 Å². The molecule has 6 nitrogen and oxygen atoms in total. The fraction of sp³-hybridized carbons (Fsp3) is 0.300. The molecule has 0 bridgehead atoms. The van der Waals surface area contributed by atoms with Crippen molar-refractivity contribution >= 4 is 28.0 Å². The lowest BCUT2D eigenvalue weighted by Crippen LogP contribution is -2.39. The van der Waals surface area contributed by atoms with Crippen LogP contribution < -0.4 is 0 Å². The first-order chi connectivity index (χ1) is 8.40. The fourth-order valence-electron chi connectivity index (χ4n) is 1.76. The second-order valence-corrected chi connectivity index (χ2v) is 5.73. The highest BCUT2D eigenvalue weighted by atomic mass is 35.5. The van der Waals surface area contributed by atoms with Crippen molar-refractivity contribution in [2.75, 3.05) is 6.61 Å². The summed E-state index contributed by atoms with van der Waals surface area (Å²) in [5, 5.41) is 9.45. The van der Waals surface area contributed by atoms with E-state index in [0.717, 1.165) is 5.56 Å². The van der Waals surface area contributed by atoms with Crippen LogP contribution in [0.15, 0.2) is 24.3 Å². The summed E-state index contributed by atoms with van der Waals surface area (Å²) in [6.45, 7) is -0.169. The van der Waals surface area contributed by atoms with E-state index >= 15 is 0 Å². The Balaban J connectivity index is 2.19. The van der Waals surface area contributed by atoms with Gasteiger partial charge in [0.15, 0.2) is 0 Å². The van der Waals surface area contributed by atoms with Crippen LogP contribution in [0.25, 0.3) is 0 Å². The lowest BCUT2D eigenvalue weighted by atomic mass is 10.1. The van der Waals surface area contributed by atoms with Crippen LogP contribution in [-0.4, -0.2) is 36.6 Å². The van der Waals surface area contributed by atoms with E-state index in [9.17, 15) is 13.2 Å². The number of hydrogen-bond donors (Lipinski definition) is 1. The van der Waals surface area contributed by atoms with Crippen LogP contribution in [0.5, 0.6) is 0 Å².